The molecule has 4 nitrogen and oxygen atoms in total. The number of rotatable bonds is 0. The van der Waals surface area contributed by atoms with Gasteiger partial charge >= 0.3 is 6.09 Å². The molecule has 2 heterocycles. The smallest absolute Gasteiger partial charge is 0.408 e. The maximum Gasteiger partial charge on any atom is 0.408 e. The van der Waals surface area contributed by atoms with Gasteiger partial charge in [0.15, 0.2) is 0 Å². The van der Waals surface area contributed by atoms with Crippen LogP contribution >= 0.6 is 0 Å². The maximum absolute atomic E-state index is 13.3. The Hall–Kier alpha value is -0.910. The number of carbonyl (C=O) groups is 1. The maximum atomic E-state index is 13.3. The van der Waals surface area contributed by atoms with Crippen LogP contribution in [0.5, 0.6) is 0 Å². The second kappa shape index (κ2) is 2.79. The summed E-state index contributed by atoms with van der Waals surface area (Å²) in [6.07, 6.45) is -2.60. The van der Waals surface area contributed by atoms with Crippen molar-refractivity contribution in [3.05, 3.63) is 0 Å². The van der Waals surface area contributed by atoms with Crippen LogP contribution in [-0.4, -0.2) is 45.3 Å². The Bertz CT molecular complexity index is 271. The van der Waals surface area contributed by atoms with Crippen molar-refractivity contribution in [2.75, 3.05) is 0 Å². The summed E-state index contributed by atoms with van der Waals surface area (Å²) in [6, 6.07) is -2.06. The van der Waals surface area contributed by atoms with E-state index in [1.165, 1.54) is 0 Å². The Morgan fingerprint density at radius 1 is 1.43 bits per heavy atom. The summed E-state index contributed by atoms with van der Waals surface area (Å²) in [5.41, 5.74) is 0. The largest absolute Gasteiger partial charge is 0.465 e. The molecule has 14 heavy (non-hydrogen) atoms. The monoisotopic (exact) mass is 207 g/mol. The summed E-state index contributed by atoms with van der Waals surface area (Å²) in [4.78, 5) is 11.5. The third-order valence-corrected chi connectivity index (χ3v) is 2.98. The number of aliphatic hydroxyl groups is 1. The fourth-order valence-electron chi connectivity index (χ4n) is 2.45. The van der Waals surface area contributed by atoms with Gasteiger partial charge in [0.2, 0.25) is 0 Å². The lowest BCUT2D eigenvalue weighted by Gasteiger charge is -2.35. The minimum Gasteiger partial charge on any atom is -0.465 e. The van der Waals surface area contributed by atoms with Crippen LogP contribution in [0.15, 0.2) is 0 Å². The number of hydrogen-bond donors (Lipinski definition) is 2. The fraction of sp³-hybridized carbons (Fsp3) is 0.875. The first kappa shape index (κ1) is 9.64. The van der Waals surface area contributed by atoms with Crippen LogP contribution < -0.4 is 0 Å². The Morgan fingerprint density at radius 2 is 2.07 bits per heavy atom. The average molecular weight is 207 g/mol. The summed E-state index contributed by atoms with van der Waals surface area (Å²) < 4.78 is 26.5. The van der Waals surface area contributed by atoms with Gasteiger partial charge in [-0.25, -0.2) is 13.6 Å². The number of alkyl halides is 2. The third kappa shape index (κ3) is 1.25. The van der Waals surface area contributed by atoms with Gasteiger partial charge in [-0.05, 0) is 12.8 Å². The molecule has 1 amide bonds. The lowest BCUT2D eigenvalue weighted by molar-refractivity contribution is -0.0512. The van der Waals surface area contributed by atoms with E-state index in [-0.39, 0.29) is 12.8 Å². The first-order valence-electron chi connectivity index (χ1n) is 4.49. The molecule has 6 heteroatoms. The number of amides is 1. The van der Waals surface area contributed by atoms with E-state index in [9.17, 15) is 18.7 Å². The quantitative estimate of drug-likeness (QED) is 0.620. The predicted octanol–water partition coefficient (Wildman–Crippen LogP) is 0.897. The van der Waals surface area contributed by atoms with Gasteiger partial charge in [0, 0.05) is 12.5 Å². The topological polar surface area (TPSA) is 60.8 Å². The van der Waals surface area contributed by atoms with Crippen LogP contribution in [0.1, 0.15) is 19.3 Å². The van der Waals surface area contributed by atoms with E-state index in [0.717, 1.165) is 4.90 Å². The number of carboxylic acid groups (broad SMARTS) is 1. The molecular formula is C8H11F2NO3. The van der Waals surface area contributed by atoms with Crippen LogP contribution in [-0.2, 0) is 0 Å². The van der Waals surface area contributed by atoms with Crippen molar-refractivity contribution in [3.8, 4) is 0 Å². The van der Waals surface area contributed by atoms with Crippen molar-refractivity contribution in [2.24, 2.45) is 0 Å². The van der Waals surface area contributed by atoms with Gasteiger partial charge in [-0.1, -0.05) is 0 Å². The number of aliphatic hydroxyl groups excluding tert-OH is 1. The van der Waals surface area contributed by atoms with Crippen molar-refractivity contribution in [1.29, 1.82) is 0 Å². The van der Waals surface area contributed by atoms with Crippen LogP contribution in [0.25, 0.3) is 0 Å². The summed E-state index contributed by atoms with van der Waals surface area (Å²) in [5.74, 6) is -2.99. The molecule has 3 atom stereocenters. The van der Waals surface area contributed by atoms with E-state index in [1.807, 2.05) is 0 Å². The van der Waals surface area contributed by atoms with Crippen molar-refractivity contribution < 1.29 is 23.8 Å². The van der Waals surface area contributed by atoms with Gasteiger partial charge in [0.05, 0.1) is 6.10 Å². The number of piperidine rings is 1. The zero-order valence-electron chi connectivity index (χ0n) is 7.36. The summed E-state index contributed by atoms with van der Waals surface area (Å²) in [6.45, 7) is 0. The third-order valence-electron chi connectivity index (χ3n) is 2.98. The number of fused-ring (bicyclic) bond motifs is 2. The molecule has 80 valence electrons. The molecule has 0 saturated carbocycles. The molecule has 2 fully saturated rings. The van der Waals surface area contributed by atoms with E-state index in [4.69, 9.17) is 5.11 Å². The molecule has 2 aliphatic rings. The highest BCUT2D eigenvalue weighted by atomic mass is 19.3. The summed E-state index contributed by atoms with van der Waals surface area (Å²) in [5, 5.41) is 18.0. The van der Waals surface area contributed by atoms with Gasteiger partial charge in [0.25, 0.3) is 5.92 Å². The zero-order valence-corrected chi connectivity index (χ0v) is 7.36. The Balaban J connectivity index is 2.28. The van der Waals surface area contributed by atoms with Gasteiger partial charge in [-0.15, -0.1) is 0 Å². The highest BCUT2D eigenvalue weighted by molar-refractivity contribution is 5.67. The summed E-state index contributed by atoms with van der Waals surface area (Å²) in [7, 11) is 0. The van der Waals surface area contributed by atoms with E-state index < -0.39 is 36.6 Å². The molecular weight excluding hydrogens is 196 g/mol. The average Bonchev–Trinajstić information content (AvgIpc) is 2.16. The molecule has 0 unspecified atom stereocenters. The van der Waals surface area contributed by atoms with Crippen molar-refractivity contribution in [2.45, 2.75) is 43.4 Å². The minimum absolute atomic E-state index is 0.123. The molecule has 0 aromatic rings. The van der Waals surface area contributed by atoms with E-state index in [2.05, 4.69) is 0 Å². The lowest BCUT2D eigenvalue weighted by atomic mass is 10.0. The molecule has 0 aromatic heterocycles. The van der Waals surface area contributed by atoms with Crippen molar-refractivity contribution in [3.63, 3.8) is 0 Å². The van der Waals surface area contributed by atoms with Crippen molar-refractivity contribution in [1.82, 2.24) is 4.90 Å². The number of hydrogen-bond acceptors (Lipinski definition) is 2. The number of nitrogens with zero attached hydrogens (tertiary/aromatic N) is 1. The second-order valence-electron chi connectivity index (χ2n) is 3.95. The van der Waals surface area contributed by atoms with Gasteiger partial charge in [0.1, 0.15) is 6.04 Å². The second-order valence-corrected chi connectivity index (χ2v) is 3.95. The molecule has 2 saturated heterocycles. The molecule has 2 N–H and O–H groups in total. The SMILES string of the molecule is O=C(O)N1[C@H]2C[C@@H](O)C[C@@H]1C(F)(F)C2. The van der Waals surface area contributed by atoms with Crippen LogP contribution in [0.2, 0.25) is 0 Å². The Kier molecular flexibility index (Phi) is 1.92. The highest BCUT2D eigenvalue weighted by Crippen LogP contribution is 2.45. The zero-order chi connectivity index (χ0) is 10.5. The predicted molar refractivity (Wildman–Crippen MR) is 42.2 cm³/mol. The number of halogens is 2. The molecule has 0 spiro atoms. The fourth-order valence-corrected chi connectivity index (χ4v) is 2.45. The van der Waals surface area contributed by atoms with E-state index >= 15 is 0 Å². The van der Waals surface area contributed by atoms with Gasteiger partial charge in [-0.3, -0.25) is 4.90 Å². The molecule has 0 radical (unpaired) electrons. The lowest BCUT2D eigenvalue weighted by Crippen LogP contribution is -2.50. The molecule has 0 aliphatic carbocycles. The molecule has 2 rings (SSSR count). The van der Waals surface area contributed by atoms with Gasteiger partial charge < -0.3 is 10.2 Å². The normalized spacial score (nSPS) is 39.9. The van der Waals surface area contributed by atoms with Crippen molar-refractivity contribution >= 4 is 6.09 Å². The van der Waals surface area contributed by atoms with Gasteiger partial charge in [-0.2, -0.15) is 0 Å². The van der Waals surface area contributed by atoms with E-state index in [0.29, 0.717) is 0 Å². The van der Waals surface area contributed by atoms with Crippen LogP contribution in [0.4, 0.5) is 13.6 Å². The summed E-state index contributed by atoms with van der Waals surface area (Å²) >= 11 is 0. The Labute approximate surface area is 79.1 Å². The Morgan fingerprint density at radius 3 is 2.57 bits per heavy atom. The molecule has 0 aromatic carbocycles. The minimum atomic E-state index is -2.99. The standard InChI is InChI=1S/C8H11F2NO3/c9-8(10)3-4-1-5(12)2-6(8)11(4)7(13)14/h4-6,12H,1-3H2,(H,13,14)/t4-,5+,6+/m0/s1. The first-order chi connectivity index (χ1) is 6.42. The first-order valence-corrected chi connectivity index (χ1v) is 4.49. The highest BCUT2D eigenvalue weighted by Gasteiger charge is 2.59. The van der Waals surface area contributed by atoms with Crippen LogP contribution in [0, 0.1) is 0 Å². The molecule has 2 bridgehead atoms. The van der Waals surface area contributed by atoms with Crippen LogP contribution in [0.3, 0.4) is 0 Å². The van der Waals surface area contributed by atoms with E-state index in [1.54, 1.807) is 0 Å². The molecule has 2 aliphatic heterocycles.